The molecular weight excluding hydrogens is 230 g/mol. The summed E-state index contributed by atoms with van der Waals surface area (Å²) in [4.78, 5) is 25.0. The van der Waals surface area contributed by atoms with Crippen LogP contribution in [0.4, 0.5) is 5.69 Å². The lowest BCUT2D eigenvalue weighted by atomic mass is 10.1. The fraction of sp³-hybridized carbons (Fsp3) is 0.385. The standard InChI is InChI=1S/C13H19N3O2/c1-8-5-6-10(7-11(8)14)12(17)15-9(2)13(18)16(3)4/h5-7,9H,14H2,1-4H3,(H,15,17). The first-order chi connectivity index (χ1) is 8.32. The predicted molar refractivity (Wildman–Crippen MR) is 71.2 cm³/mol. The summed E-state index contributed by atoms with van der Waals surface area (Å²) in [6, 6.07) is 4.52. The summed E-state index contributed by atoms with van der Waals surface area (Å²) in [5, 5.41) is 2.64. The van der Waals surface area contributed by atoms with Crippen LogP contribution in [0.15, 0.2) is 18.2 Å². The Morgan fingerprint density at radius 2 is 1.94 bits per heavy atom. The molecule has 1 aromatic rings. The van der Waals surface area contributed by atoms with Crippen molar-refractivity contribution in [1.82, 2.24) is 10.2 Å². The highest BCUT2D eigenvalue weighted by Gasteiger charge is 2.18. The van der Waals surface area contributed by atoms with Gasteiger partial charge in [-0.2, -0.15) is 0 Å². The number of amides is 2. The van der Waals surface area contributed by atoms with Gasteiger partial charge in [-0.25, -0.2) is 0 Å². The van der Waals surface area contributed by atoms with Gasteiger partial charge in [0.2, 0.25) is 5.91 Å². The Kier molecular flexibility index (Phi) is 4.31. The Hall–Kier alpha value is -2.04. The molecule has 1 aromatic carbocycles. The van der Waals surface area contributed by atoms with Crippen LogP contribution in [0.5, 0.6) is 0 Å². The minimum Gasteiger partial charge on any atom is -0.398 e. The third-order valence-electron chi connectivity index (χ3n) is 2.70. The van der Waals surface area contributed by atoms with Gasteiger partial charge in [0, 0.05) is 25.3 Å². The molecule has 18 heavy (non-hydrogen) atoms. The number of benzene rings is 1. The number of nitrogen functional groups attached to an aromatic ring is 1. The number of hydrogen-bond acceptors (Lipinski definition) is 3. The van der Waals surface area contributed by atoms with E-state index in [2.05, 4.69) is 5.32 Å². The lowest BCUT2D eigenvalue weighted by Crippen LogP contribution is -2.44. The first-order valence-corrected chi connectivity index (χ1v) is 5.71. The lowest BCUT2D eigenvalue weighted by Gasteiger charge is -2.18. The molecule has 98 valence electrons. The molecule has 0 fully saturated rings. The Morgan fingerprint density at radius 3 is 2.44 bits per heavy atom. The summed E-state index contributed by atoms with van der Waals surface area (Å²) in [7, 11) is 3.30. The van der Waals surface area contributed by atoms with E-state index >= 15 is 0 Å². The number of nitrogens with zero attached hydrogens (tertiary/aromatic N) is 1. The number of carbonyl (C=O) groups excluding carboxylic acids is 2. The summed E-state index contributed by atoms with van der Waals surface area (Å²) in [6.45, 7) is 3.52. The van der Waals surface area contributed by atoms with E-state index in [-0.39, 0.29) is 11.8 Å². The molecule has 0 aliphatic rings. The number of hydrogen-bond donors (Lipinski definition) is 2. The molecule has 1 unspecified atom stereocenters. The van der Waals surface area contributed by atoms with Crippen LogP contribution >= 0.6 is 0 Å². The van der Waals surface area contributed by atoms with E-state index in [9.17, 15) is 9.59 Å². The summed E-state index contributed by atoms with van der Waals surface area (Å²) in [5.74, 6) is -0.451. The molecular formula is C13H19N3O2. The van der Waals surface area contributed by atoms with E-state index in [1.54, 1.807) is 39.2 Å². The van der Waals surface area contributed by atoms with Gasteiger partial charge in [-0.15, -0.1) is 0 Å². The van der Waals surface area contributed by atoms with Crippen molar-refractivity contribution < 1.29 is 9.59 Å². The number of carbonyl (C=O) groups is 2. The summed E-state index contributed by atoms with van der Waals surface area (Å²) >= 11 is 0. The smallest absolute Gasteiger partial charge is 0.251 e. The normalized spacial score (nSPS) is 11.8. The van der Waals surface area contributed by atoms with E-state index in [0.717, 1.165) is 5.56 Å². The van der Waals surface area contributed by atoms with E-state index < -0.39 is 6.04 Å². The molecule has 0 bridgehead atoms. The van der Waals surface area contributed by atoms with Gasteiger partial charge < -0.3 is 16.0 Å². The number of nitrogens with two attached hydrogens (primary N) is 1. The summed E-state index contributed by atoms with van der Waals surface area (Å²) < 4.78 is 0. The fourth-order valence-electron chi connectivity index (χ4n) is 1.51. The van der Waals surface area contributed by atoms with E-state index in [0.29, 0.717) is 11.3 Å². The molecule has 3 N–H and O–H groups in total. The van der Waals surface area contributed by atoms with Gasteiger partial charge in [0.05, 0.1) is 0 Å². The number of likely N-dealkylation sites (N-methyl/N-ethyl adjacent to an activating group) is 1. The molecule has 0 saturated heterocycles. The minimum absolute atomic E-state index is 0.150. The van der Waals surface area contributed by atoms with Crippen molar-refractivity contribution in [3.8, 4) is 0 Å². The van der Waals surface area contributed by atoms with Crippen molar-refractivity contribution in [2.75, 3.05) is 19.8 Å². The topological polar surface area (TPSA) is 75.4 Å². The van der Waals surface area contributed by atoms with Crippen molar-refractivity contribution in [2.24, 2.45) is 0 Å². The monoisotopic (exact) mass is 249 g/mol. The van der Waals surface area contributed by atoms with Gasteiger partial charge in [0.25, 0.3) is 5.91 Å². The highest BCUT2D eigenvalue weighted by Crippen LogP contribution is 2.12. The molecule has 0 aliphatic carbocycles. The van der Waals surface area contributed by atoms with E-state index in [1.165, 1.54) is 4.90 Å². The van der Waals surface area contributed by atoms with Gasteiger partial charge in [0.15, 0.2) is 0 Å². The van der Waals surface area contributed by atoms with Crippen molar-refractivity contribution in [3.05, 3.63) is 29.3 Å². The Morgan fingerprint density at radius 1 is 1.33 bits per heavy atom. The fourth-order valence-corrected chi connectivity index (χ4v) is 1.51. The van der Waals surface area contributed by atoms with Crippen molar-refractivity contribution in [3.63, 3.8) is 0 Å². The largest absolute Gasteiger partial charge is 0.398 e. The second kappa shape index (κ2) is 5.53. The van der Waals surface area contributed by atoms with Gasteiger partial charge in [0.1, 0.15) is 6.04 Å². The van der Waals surface area contributed by atoms with Crippen LogP contribution in [0.1, 0.15) is 22.8 Å². The molecule has 0 saturated carbocycles. The number of rotatable bonds is 3. The zero-order valence-electron chi connectivity index (χ0n) is 11.2. The second-order valence-corrected chi connectivity index (χ2v) is 4.50. The van der Waals surface area contributed by atoms with Gasteiger partial charge in [-0.05, 0) is 31.5 Å². The Bertz CT molecular complexity index is 469. The molecule has 5 nitrogen and oxygen atoms in total. The molecule has 0 aromatic heterocycles. The van der Waals surface area contributed by atoms with Crippen molar-refractivity contribution in [1.29, 1.82) is 0 Å². The van der Waals surface area contributed by atoms with Crippen LogP contribution in [0.3, 0.4) is 0 Å². The number of aryl methyl sites for hydroxylation is 1. The number of nitrogens with one attached hydrogen (secondary N) is 1. The average Bonchev–Trinajstić information content (AvgIpc) is 2.31. The molecule has 0 spiro atoms. The van der Waals surface area contributed by atoms with Crippen LogP contribution in [-0.2, 0) is 4.79 Å². The molecule has 2 amide bonds. The van der Waals surface area contributed by atoms with E-state index in [4.69, 9.17) is 5.73 Å². The van der Waals surface area contributed by atoms with Crippen molar-refractivity contribution in [2.45, 2.75) is 19.9 Å². The molecule has 1 rings (SSSR count). The van der Waals surface area contributed by atoms with Gasteiger partial charge in [-0.3, -0.25) is 9.59 Å². The lowest BCUT2D eigenvalue weighted by molar-refractivity contribution is -0.130. The molecule has 1 atom stereocenters. The highest BCUT2D eigenvalue weighted by atomic mass is 16.2. The predicted octanol–water partition coefficient (Wildman–Crippen LogP) is 0.784. The maximum atomic E-state index is 11.9. The molecule has 0 radical (unpaired) electrons. The van der Waals surface area contributed by atoms with Crippen LogP contribution < -0.4 is 11.1 Å². The molecule has 0 heterocycles. The molecule has 0 aliphatic heterocycles. The maximum absolute atomic E-state index is 11.9. The average molecular weight is 249 g/mol. The van der Waals surface area contributed by atoms with Crippen LogP contribution in [0, 0.1) is 6.92 Å². The zero-order chi connectivity index (χ0) is 13.9. The third-order valence-corrected chi connectivity index (χ3v) is 2.70. The van der Waals surface area contributed by atoms with Crippen LogP contribution in [0.25, 0.3) is 0 Å². The quantitative estimate of drug-likeness (QED) is 0.777. The Balaban J connectivity index is 2.76. The summed E-state index contributed by atoms with van der Waals surface area (Å²) in [5.41, 5.74) is 7.68. The van der Waals surface area contributed by atoms with Gasteiger partial charge >= 0.3 is 0 Å². The zero-order valence-corrected chi connectivity index (χ0v) is 11.2. The Labute approximate surface area is 107 Å². The van der Waals surface area contributed by atoms with Crippen LogP contribution in [-0.4, -0.2) is 36.9 Å². The second-order valence-electron chi connectivity index (χ2n) is 4.50. The first kappa shape index (κ1) is 14.0. The first-order valence-electron chi connectivity index (χ1n) is 5.71. The maximum Gasteiger partial charge on any atom is 0.251 e. The van der Waals surface area contributed by atoms with Crippen molar-refractivity contribution >= 4 is 17.5 Å². The number of anilines is 1. The SMILES string of the molecule is Cc1ccc(C(=O)NC(C)C(=O)N(C)C)cc1N. The third kappa shape index (κ3) is 3.23. The summed E-state index contributed by atoms with van der Waals surface area (Å²) in [6.07, 6.45) is 0. The highest BCUT2D eigenvalue weighted by molar-refractivity contribution is 5.98. The van der Waals surface area contributed by atoms with Crippen LogP contribution in [0.2, 0.25) is 0 Å². The van der Waals surface area contributed by atoms with Gasteiger partial charge in [-0.1, -0.05) is 6.07 Å². The molecule has 5 heteroatoms. The van der Waals surface area contributed by atoms with E-state index in [1.807, 2.05) is 6.92 Å². The minimum atomic E-state index is -0.560.